The van der Waals surface area contributed by atoms with Gasteiger partial charge in [0.25, 0.3) is 0 Å². The van der Waals surface area contributed by atoms with Crippen LogP contribution in [0, 0.1) is 17.8 Å². The number of nitrogens with two attached hydrogens (primary N) is 1. The van der Waals surface area contributed by atoms with Crippen molar-refractivity contribution in [3.63, 3.8) is 0 Å². The number of nitrogens with one attached hydrogen (secondary N) is 1. The molecule has 0 aromatic heterocycles. The van der Waals surface area contributed by atoms with E-state index in [-0.39, 0.29) is 0 Å². The van der Waals surface area contributed by atoms with E-state index in [9.17, 15) is 0 Å². The van der Waals surface area contributed by atoms with Crippen LogP contribution in [-0.4, -0.2) is 19.1 Å². The van der Waals surface area contributed by atoms with E-state index in [1.54, 1.807) is 0 Å². The molecule has 0 radical (unpaired) electrons. The van der Waals surface area contributed by atoms with E-state index < -0.39 is 0 Å². The first-order valence-corrected chi connectivity index (χ1v) is 6.74. The normalized spacial score (nSPS) is 41.2. The smallest absolute Gasteiger partial charge is 0.0107 e. The van der Waals surface area contributed by atoms with Crippen molar-refractivity contribution in [1.82, 2.24) is 5.32 Å². The lowest BCUT2D eigenvalue weighted by atomic mass is 9.96. The molecule has 15 heavy (non-hydrogen) atoms. The molecular formula is C13H26N2. The quantitative estimate of drug-likeness (QED) is 0.746. The van der Waals surface area contributed by atoms with Gasteiger partial charge < -0.3 is 11.1 Å². The molecule has 3 N–H and O–H groups in total. The molecule has 2 heteroatoms. The van der Waals surface area contributed by atoms with Crippen molar-refractivity contribution in [2.75, 3.05) is 13.1 Å². The van der Waals surface area contributed by atoms with E-state index in [0.717, 1.165) is 30.3 Å². The molecule has 0 aliphatic heterocycles. The van der Waals surface area contributed by atoms with Crippen molar-refractivity contribution >= 4 is 0 Å². The Morgan fingerprint density at radius 1 is 1.07 bits per heavy atom. The Hall–Kier alpha value is -0.0800. The minimum Gasteiger partial charge on any atom is -0.330 e. The lowest BCUT2D eigenvalue weighted by Gasteiger charge is -2.23. The first-order valence-electron chi connectivity index (χ1n) is 6.74. The second-order valence-corrected chi connectivity index (χ2v) is 5.61. The molecule has 4 unspecified atom stereocenters. The van der Waals surface area contributed by atoms with Crippen LogP contribution in [0.25, 0.3) is 0 Å². The highest BCUT2D eigenvalue weighted by Crippen LogP contribution is 2.31. The van der Waals surface area contributed by atoms with E-state index in [2.05, 4.69) is 12.2 Å². The van der Waals surface area contributed by atoms with Gasteiger partial charge in [-0.2, -0.15) is 0 Å². The molecule has 88 valence electrons. The number of hydrogen-bond donors (Lipinski definition) is 2. The van der Waals surface area contributed by atoms with Crippen LogP contribution in [0.4, 0.5) is 0 Å². The zero-order valence-corrected chi connectivity index (χ0v) is 10.0. The van der Waals surface area contributed by atoms with Gasteiger partial charge in [0.1, 0.15) is 0 Å². The molecule has 0 spiro atoms. The van der Waals surface area contributed by atoms with Crippen LogP contribution < -0.4 is 11.1 Å². The van der Waals surface area contributed by atoms with Crippen LogP contribution >= 0.6 is 0 Å². The minimum atomic E-state index is 0.725. The fraction of sp³-hybridized carbons (Fsp3) is 1.00. The predicted octanol–water partition coefficient (Wildman–Crippen LogP) is 2.14. The topological polar surface area (TPSA) is 38.0 Å². The van der Waals surface area contributed by atoms with Crippen LogP contribution in [0.5, 0.6) is 0 Å². The first kappa shape index (κ1) is 11.4. The van der Waals surface area contributed by atoms with Gasteiger partial charge in [-0.05, 0) is 50.1 Å². The van der Waals surface area contributed by atoms with E-state index in [1.807, 2.05) is 0 Å². The van der Waals surface area contributed by atoms with E-state index in [0.29, 0.717) is 0 Å². The third-order valence-corrected chi connectivity index (χ3v) is 4.64. The van der Waals surface area contributed by atoms with Crippen molar-refractivity contribution < 1.29 is 0 Å². The van der Waals surface area contributed by atoms with Gasteiger partial charge in [0.2, 0.25) is 0 Å². The maximum atomic E-state index is 5.80. The zero-order chi connectivity index (χ0) is 10.7. The molecule has 4 atom stereocenters. The Kier molecular flexibility index (Phi) is 4.04. The first-order chi connectivity index (χ1) is 7.31. The molecule has 2 aliphatic carbocycles. The lowest BCUT2D eigenvalue weighted by molar-refractivity contribution is 0.335. The SMILES string of the molecule is CC1CCCC1CNC1CCCC1CN. The highest BCUT2D eigenvalue weighted by atomic mass is 14.9. The van der Waals surface area contributed by atoms with Crippen molar-refractivity contribution in [2.45, 2.75) is 51.5 Å². The average Bonchev–Trinajstić information content (AvgIpc) is 2.83. The van der Waals surface area contributed by atoms with Crippen molar-refractivity contribution in [3.05, 3.63) is 0 Å². The monoisotopic (exact) mass is 210 g/mol. The van der Waals surface area contributed by atoms with Crippen LogP contribution in [0.3, 0.4) is 0 Å². The van der Waals surface area contributed by atoms with Crippen molar-refractivity contribution in [2.24, 2.45) is 23.5 Å². The summed E-state index contributed by atoms with van der Waals surface area (Å²) >= 11 is 0. The molecule has 0 bridgehead atoms. The summed E-state index contributed by atoms with van der Waals surface area (Å²) in [6.07, 6.45) is 8.39. The summed E-state index contributed by atoms with van der Waals surface area (Å²) in [7, 11) is 0. The highest BCUT2D eigenvalue weighted by Gasteiger charge is 2.28. The van der Waals surface area contributed by atoms with Crippen molar-refractivity contribution in [1.29, 1.82) is 0 Å². The predicted molar refractivity (Wildman–Crippen MR) is 64.7 cm³/mol. The van der Waals surface area contributed by atoms with Crippen LogP contribution in [0.2, 0.25) is 0 Å². The van der Waals surface area contributed by atoms with Gasteiger partial charge >= 0.3 is 0 Å². The van der Waals surface area contributed by atoms with Gasteiger partial charge in [0.05, 0.1) is 0 Å². The minimum absolute atomic E-state index is 0.725. The second-order valence-electron chi connectivity index (χ2n) is 5.61. The maximum Gasteiger partial charge on any atom is 0.0107 e. The van der Waals surface area contributed by atoms with E-state index in [1.165, 1.54) is 45.1 Å². The molecule has 0 aromatic carbocycles. The molecule has 2 nitrogen and oxygen atoms in total. The summed E-state index contributed by atoms with van der Waals surface area (Å²) in [4.78, 5) is 0. The molecule has 0 aromatic rings. The van der Waals surface area contributed by atoms with E-state index in [4.69, 9.17) is 5.73 Å². The molecule has 0 heterocycles. The lowest BCUT2D eigenvalue weighted by Crippen LogP contribution is -2.39. The van der Waals surface area contributed by atoms with Crippen molar-refractivity contribution in [3.8, 4) is 0 Å². The average molecular weight is 210 g/mol. The summed E-state index contributed by atoms with van der Waals surface area (Å²) in [5.41, 5.74) is 5.80. The second kappa shape index (κ2) is 5.31. The molecular weight excluding hydrogens is 184 g/mol. The van der Waals surface area contributed by atoms with Gasteiger partial charge in [0, 0.05) is 6.04 Å². The van der Waals surface area contributed by atoms with Gasteiger partial charge in [-0.3, -0.25) is 0 Å². The Balaban J connectivity index is 1.72. The summed E-state index contributed by atoms with van der Waals surface area (Å²) in [5, 5.41) is 3.77. The Bertz CT molecular complexity index is 193. The van der Waals surface area contributed by atoms with Crippen LogP contribution in [-0.2, 0) is 0 Å². The van der Waals surface area contributed by atoms with Crippen LogP contribution in [0.15, 0.2) is 0 Å². The maximum absolute atomic E-state index is 5.80. The molecule has 2 saturated carbocycles. The summed E-state index contributed by atoms with van der Waals surface area (Å²) in [6.45, 7) is 4.52. The fourth-order valence-corrected chi connectivity index (χ4v) is 3.42. The van der Waals surface area contributed by atoms with Gasteiger partial charge in [0.15, 0.2) is 0 Å². The largest absolute Gasteiger partial charge is 0.330 e. The fourth-order valence-electron chi connectivity index (χ4n) is 3.42. The molecule has 2 aliphatic rings. The van der Waals surface area contributed by atoms with Gasteiger partial charge in [-0.15, -0.1) is 0 Å². The number of hydrogen-bond acceptors (Lipinski definition) is 2. The Morgan fingerprint density at radius 2 is 1.80 bits per heavy atom. The molecule has 2 fully saturated rings. The van der Waals surface area contributed by atoms with Gasteiger partial charge in [-0.25, -0.2) is 0 Å². The Labute approximate surface area is 94.0 Å². The van der Waals surface area contributed by atoms with Crippen LogP contribution in [0.1, 0.15) is 45.4 Å². The molecule has 0 amide bonds. The summed E-state index contributed by atoms with van der Waals surface area (Å²) in [5.74, 6) is 2.63. The van der Waals surface area contributed by atoms with Gasteiger partial charge in [-0.1, -0.05) is 26.2 Å². The Morgan fingerprint density at radius 3 is 2.47 bits per heavy atom. The summed E-state index contributed by atoms with van der Waals surface area (Å²) < 4.78 is 0. The van der Waals surface area contributed by atoms with E-state index >= 15 is 0 Å². The summed E-state index contributed by atoms with van der Waals surface area (Å²) in [6, 6.07) is 0.725. The highest BCUT2D eigenvalue weighted by molar-refractivity contribution is 4.85. The third kappa shape index (κ3) is 2.73. The standard InChI is InChI=1S/C13H26N2/c1-10-4-2-6-12(10)9-15-13-7-3-5-11(13)8-14/h10-13,15H,2-9,14H2,1H3. The number of rotatable bonds is 4. The molecule has 0 saturated heterocycles. The zero-order valence-electron chi connectivity index (χ0n) is 10.0. The molecule has 2 rings (SSSR count). The third-order valence-electron chi connectivity index (χ3n) is 4.64.